The summed E-state index contributed by atoms with van der Waals surface area (Å²) in [7, 11) is 0. The quantitative estimate of drug-likeness (QED) is 0.460. The second-order valence-electron chi connectivity index (χ2n) is 3.19. The Hall–Kier alpha value is 0.206. The summed E-state index contributed by atoms with van der Waals surface area (Å²) in [5.41, 5.74) is 0. The van der Waals surface area contributed by atoms with Crippen molar-refractivity contribution in [1.29, 1.82) is 0 Å². The number of carbonyl (C=O) groups excluding carboxylic acids is 1. The molecule has 0 unspecified atom stereocenters. The standard InChI is InChI=1S/C8H11N3O2.K.H2O/c12-8(13)7-10-9-6-4-2-1-3-5-11(6)7;;/h1-5H2,(H,12,13);;1H2/q;+1;/p-1. The molecule has 0 atom stereocenters. The number of hydrogen-bond acceptors (Lipinski definition) is 4. The molecule has 0 amide bonds. The van der Waals surface area contributed by atoms with E-state index in [4.69, 9.17) is 0 Å². The molecule has 0 radical (unpaired) electrons. The van der Waals surface area contributed by atoms with Gasteiger partial charge in [0.2, 0.25) is 0 Å². The first-order chi connectivity index (χ1) is 6.29. The number of fused-ring (bicyclic) bond motifs is 1. The van der Waals surface area contributed by atoms with Crippen LogP contribution in [0.1, 0.15) is 35.7 Å². The van der Waals surface area contributed by atoms with E-state index in [1.54, 1.807) is 4.57 Å². The summed E-state index contributed by atoms with van der Waals surface area (Å²) in [6.45, 7) is 0.700. The molecule has 2 N–H and O–H groups in total. The van der Waals surface area contributed by atoms with E-state index < -0.39 is 5.97 Å². The summed E-state index contributed by atoms with van der Waals surface area (Å²) < 4.78 is 1.66. The van der Waals surface area contributed by atoms with Gasteiger partial charge in [0.15, 0.2) is 5.82 Å². The summed E-state index contributed by atoms with van der Waals surface area (Å²) in [5.74, 6) is -0.491. The number of aromatic carboxylic acids is 1. The fourth-order valence-electron chi connectivity index (χ4n) is 1.64. The summed E-state index contributed by atoms with van der Waals surface area (Å²) in [4.78, 5) is 10.6. The number of rotatable bonds is 1. The molecule has 0 aliphatic carbocycles. The van der Waals surface area contributed by atoms with Crippen LogP contribution >= 0.6 is 0 Å². The van der Waals surface area contributed by atoms with Crippen LogP contribution in [0.4, 0.5) is 0 Å². The van der Waals surface area contributed by atoms with Crippen LogP contribution in [0, 0.1) is 0 Å². The van der Waals surface area contributed by atoms with Gasteiger partial charge in [-0.15, -0.1) is 10.2 Å². The van der Waals surface area contributed by atoms with Gasteiger partial charge in [0.1, 0.15) is 11.8 Å². The van der Waals surface area contributed by atoms with Gasteiger partial charge in [0.05, 0.1) is 0 Å². The van der Waals surface area contributed by atoms with E-state index in [9.17, 15) is 9.90 Å². The zero-order chi connectivity index (χ0) is 9.26. The summed E-state index contributed by atoms with van der Waals surface area (Å²) in [5, 5.41) is 18.0. The van der Waals surface area contributed by atoms with E-state index in [2.05, 4.69) is 10.2 Å². The molecule has 2 rings (SSSR count). The Morgan fingerprint density at radius 1 is 1.27 bits per heavy atom. The summed E-state index contributed by atoms with van der Waals surface area (Å²) in [6, 6.07) is 0. The first-order valence-electron chi connectivity index (χ1n) is 4.42. The van der Waals surface area contributed by atoms with Crippen LogP contribution < -0.4 is 56.5 Å². The third kappa shape index (κ3) is 3.33. The van der Waals surface area contributed by atoms with Crippen molar-refractivity contribution < 1.29 is 66.8 Å². The Kier molecular flexibility index (Phi) is 6.81. The first kappa shape index (κ1) is 15.2. The van der Waals surface area contributed by atoms with Crippen LogP contribution in [-0.4, -0.2) is 26.2 Å². The fraction of sp³-hybridized carbons (Fsp3) is 0.625. The minimum absolute atomic E-state index is 0. The number of carboxylic acids is 1. The minimum Gasteiger partial charge on any atom is -0.541 e. The number of carbonyl (C=O) groups is 1. The molecule has 0 spiro atoms. The van der Waals surface area contributed by atoms with Gasteiger partial charge >= 0.3 is 51.4 Å². The average molecular weight is 237 g/mol. The van der Waals surface area contributed by atoms with Crippen LogP contribution in [0.5, 0.6) is 0 Å². The van der Waals surface area contributed by atoms with Gasteiger partial charge in [-0.25, -0.2) is 0 Å². The number of carboxylic acid groups (broad SMARTS) is 1. The topological polar surface area (TPSA) is 102 Å². The molecule has 0 fully saturated rings. The zero-order valence-electron chi connectivity index (χ0n) is 8.69. The van der Waals surface area contributed by atoms with E-state index in [-0.39, 0.29) is 62.7 Å². The van der Waals surface area contributed by atoms with Crippen molar-refractivity contribution in [3.05, 3.63) is 11.6 Å². The SMILES string of the molecule is O.O=C([O-])c1nnc2n1CCCCC2.[K+]. The third-order valence-electron chi connectivity index (χ3n) is 2.29. The van der Waals surface area contributed by atoms with E-state index >= 15 is 0 Å². The third-order valence-corrected chi connectivity index (χ3v) is 2.29. The number of aryl methyl sites for hydroxylation is 1. The largest absolute Gasteiger partial charge is 1.00 e. The Morgan fingerprint density at radius 2 is 2.00 bits per heavy atom. The van der Waals surface area contributed by atoms with Gasteiger partial charge in [0, 0.05) is 13.0 Å². The second kappa shape index (κ2) is 6.72. The Morgan fingerprint density at radius 3 is 2.67 bits per heavy atom. The van der Waals surface area contributed by atoms with Gasteiger partial charge in [-0.1, -0.05) is 6.42 Å². The van der Waals surface area contributed by atoms with Crippen LogP contribution in [0.2, 0.25) is 0 Å². The molecule has 0 bridgehead atoms. The molecule has 0 saturated carbocycles. The molecular weight excluding hydrogens is 225 g/mol. The van der Waals surface area contributed by atoms with E-state index in [0.29, 0.717) is 6.54 Å². The maximum atomic E-state index is 10.6. The van der Waals surface area contributed by atoms with Gasteiger partial charge in [-0.05, 0) is 12.8 Å². The average Bonchev–Trinajstić information content (AvgIpc) is 2.36. The van der Waals surface area contributed by atoms with Crippen LogP contribution in [0.3, 0.4) is 0 Å². The molecule has 1 aliphatic rings. The van der Waals surface area contributed by atoms with Crippen LogP contribution in [-0.2, 0) is 13.0 Å². The maximum absolute atomic E-state index is 10.6. The Bertz CT molecular complexity index is 340. The van der Waals surface area contributed by atoms with Crippen LogP contribution in [0.15, 0.2) is 0 Å². The van der Waals surface area contributed by atoms with Crippen molar-refractivity contribution in [2.24, 2.45) is 0 Å². The van der Waals surface area contributed by atoms with Gasteiger partial charge in [-0.3, -0.25) is 0 Å². The minimum atomic E-state index is -1.24. The second-order valence-corrected chi connectivity index (χ2v) is 3.19. The summed E-state index contributed by atoms with van der Waals surface area (Å²) in [6.07, 6.45) is 3.99. The molecular formula is C8H12KN3O3. The Labute approximate surface area is 130 Å². The molecule has 1 aromatic rings. The predicted octanol–water partition coefficient (Wildman–Crippen LogP) is -4.45. The monoisotopic (exact) mass is 237 g/mol. The van der Waals surface area contributed by atoms with E-state index in [0.717, 1.165) is 31.5 Å². The predicted molar refractivity (Wildman–Crippen MR) is 45.5 cm³/mol. The van der Waals surface area contributed by atoms with Gasteiger partial charge < -0.3 is 19.9 Å². The number of hydrogen-bond donors (Lipinski definition) is 0. The normalized spacial score (nSPS) is 14.1. The van der Waals surface area contributed by atoms with Crippen molar-refractivity contribution in [2.75, 3.05) is 0 Å². The molecule has 78 valence electrons. The first-order valence-corrected chi connectivity index (χ1v) is 4.42. The molecule has 0 aromatic carbocycles. The molecule has 7 heteroatoms. The molecule has 6 nitrogen and oxygen atoms in total. The summed E-state index contributed by atoms with van der Waals surface area (Å²) >= 11 is 0. The van der Waals surface area contributed by atoms with E-state index in [1.807, 2.05) is 0 Å². The smallest absolute Gasteiger partial charge is 0.541 e. The van der Waals surface area contributed by atoms with Crippen LogP contribution in [0.25, 0.3) is 0 Å². The van der Waals surface area contributed by atoms with Crippen molar-refractivity contribution in [2.45, 2.75) is 32.2 Å². The van der Waals surface area contributed by atoms with Crippen molar-refractivity contribution in [1.82, 2.24) is 14.8 Å². The van der Waals surface area contributed by atoms with Gasteiger partial charge in [-0.2, -0.15) is 0 Å². The van der Waals surface area contributed by atoms with Crippen molar-refractivity contribution >= 4 is 5.97 Å². The molecule has 2 heterocycles. The zero-order valence-corrected chi connectivity index (χ0v) is 11.8. The number of aromatic nitrogens is 3. The molecule has 1 aliphatic heterocycles. The fourth-order valence-corrected chi connectivity index (χ4v) is 1.64. The van der Waals surface area contributed by atoms with Gasteiger partial charge in [0.25, 0.3) is 0 Å². The molecule has 15 heavy (non-hydrogen) atoms. The van der Waals surface area contributed by atoms with E-state index in [1.165, 1.54) is 0 Å². The molecule has 0 saturated heterocycles. The van der Waals surface area contributed by atoms with Crippen molar-refractivity contribution in [3.63, 3.8) is 0 Å². The number of nitrogens with zero attached hydrogens (tertiary/aromatic N) is 3. The maximum Gasteiger partial charge on any atom is 1.00 e. The molecule has 1 aromatic heterocycles. The van der Waals surface area contributed by atoms with Crippen molar-refractivity contribution in [3.8, 4) is 0 Å². The Balaban J connectivity index is 0.000000980.